The predicted octanol–water partition coefficient (Wildman–Crippen LogP) is 2.88. The Morgan fingerprint density at radius 1 is 1.38 bits per heavy atom. The van der Waals surface area contributed by atoms with Crippen molar-refractivity contribution in [1.82, 2.24) is 14.9 Å². The number of nitrogens with one attached hydrogen (secondary N) is 1. The fraction of sp³-hybridized carbons (Fsp3) is 0.375. The summed E-state index contributed by atoms with van der Waals surface area (Å²) >= 11 is 1.68. The molecule has 112 valence electrons. The van der Waals surface area contributed by atoms with E-state index >= 15 is 0 Å². The first-order valence-corrected chi connectivity index (χ1v) is 8.33. The highest BCUT2D eigenvalue weighted by atomic mass is 32.2. The maximum atomic E-state index is 12.1. The smallest absolute Gasteiger partial charge is 0.230 e. The first-order chi connectivity index (χ1) is 10.3. The first kappa shape index (κ1) is 15.6. The molecule has 4 nitrogen and oxygen atoms in total. The molecule has 21 heavy (non-hydrogen) atoms. The van der Waals surface area contributed by atoms with E-state index in [4.69, 9.17) is 0 Å². The van der Waals surface area contributed by atoms with Crippen LogP contribution in [-0.2, 0) is 11.3 Å². The molecule has 1 aromatic heterocycles. The lowest BCUT2D eigenvalue weighted by molar-refractivity contribution is -0.119. The number of aromatic nitrogens is 2. The SMILES string of the molecule is CCCSCC(=O)NC(Cn1ccnc1)c1ccccc1. The summed E-state index contributed by atoms with van der Waals surface area (Å²) in [6.45, 7) is 2.81. The van der Waals surface area contributed by atoms with Crippen LogP contribution in [0, 0.1) is 0 Å². The first-order valence-electron chi connectivity index (χ1n) is 7.17. The fourth-order valence-corrected chi connectivity index (χ4v) is 2.77. The van der Waals surface area contributed by atoms with Gasteiger partial charge in [-0.15, -0.1) is 0 Å². The summed E-state index contributed by atoms with van der Waals surface area (Å²) in [6, 6.07) is 10.0. The average molecular weight is 303 g/mol. The van der Waals surface area contributed by atoms with E-state index in [1.807, 2.05) is 41.1 Å². The van der Waals surface area contributed by atoms with Gasteiger partial charge in [0, 0.05) is 18.9 Å². The van der Waals surface area contributed by atoms with E-state index in [2.05, 4.69) is 17.2 Å². The summed E-state index contributed by atoms with van der Waals surface area (Å²) in [7, 11) is 0. The third kappa shape index (κ3) is 5.27. The molecule has 0 saturated heterocycles. The zero-order valence-corrected chi connectivity index (χ0v) is 13.1. The number of hydrogen-bond donors (Lipinski definition) is 1. The number of carbonyl (C=O) groups excluding carboxylic acids is 1. The average Bonchev–Trinajstić information content (AvgIpc) is 3.01. The number of benzene rings is 1. The van der Waals surface area contributed by atoms with Gasteiger partial charge in [-0.1, -0.05) is 37.3 Å². The third-order valence-corrected chi connectivity index (χ3v) is 4.23. The Morgan fingerprint density at radius 2 is 2.19 bits per heavy atom. The van der Waals surface area contributed by atoms with Crippen molar-refractivity contribution in [3.05, 3.63) is 54.6 Å². The summed E-state index contributed by atoms with van der Waals surface area (Å²) in [5.41, 5.74) is 1.11. The van der Waals surface area contributed by atoms with Crippen molar-refractivity contribution in [2.75, 3.05) is 11.5 Å². The van der Waals surface area contributed by atoms with E-state index in [0.717, 1.165) is 17.7 Å². The highest BCUT2D eigenvalue weighted by molar-refractivity contribution is 7.99. The van der Waals surface area contributed by atoms with Gasteiger partial charge in [0.1, 0.15) is 0 Å². The summed E-state index contributed by atoms with van der Waals surface area (Å²) in [5.74, 6) is 1.62. The van der Waals surface area contributed by atoms with Crippen molar-refractivity contribution in [2.24, 2.45) is 0 Å². The minimum Gasteiger partial charge on any atom is -0.347 e. The minimum atomic E-state index is -0.0323. The Hall–Kier alpha value is -1.75. The van der Waals surface area contributed by atoms with Crippen LogP contribution in [0.25, 0.3) is 0 Å². The molecule has 0 saturated carbocycles. The van der Waals surface area contributed by atoms with E-state index < -0.39 is 0 Å². The van der Waals surface area contributed by atoms with Crippen LogP contribution in [0.3, 0.4) is 0 Å². The van der Waals surface area contributed by atoms with Gasteiger partial charge < -0.3 is 9.88 Å². The topological polar surface area (TPSA) is 46.9 Å². The quantitative estimate of drug-likeness (QED) is 0.763. The second kappa shape index (κ2) is 8.52. The predicted molar refractivity (Wildman–Crippen MR) is 87.2 cm³/mol. The largest absolute Gasteiger partial charge is 0.347 e. The molecule has 0 aliphatic carbocycles. The highest BCUT2D eigenvalue weighted by Gasteiger charge is 2.14. The van der Waals surface area contributed by atoms with Crippen LogP contribution < -0.4 is 5.32 Å². The number of imidazole rings is 1. The Labute approximate surface area is 130 Å². The molecule has 2 rings (SSSR count). The molecule has 1 aromatic carbocycles. The number of amides is 1. The molecule has 0 bridgehead atoms. The normalized spacial score (nSPS) is 12.0. The molecule has 1 N–H and O–H groups in total. The van der Waals surface area contributed by atoms with Gasteiger partial charge in [-0.25, -0.2) is 4.98 Å². The molecule has 0 spiro atoms. The zero-order valence-electron chi connectivity index (χ0n) is 12.2. The van der Waals surface area contributed by atoms with Crippen molar-refractivity contribution >= 4 is 17.7 Å². The Balaban J connectivity index is 2.00. The number of nitrogens with zero attached hydrogens (tertiary/aromatic N) is 2. The maximum Gasteiger partial charge on any atom is 0.230 e. The molecule has 1 atom stereocenters. The molecule has 0 aliphatic heterocycles. The van der Waals surface area contributed by atoms with E-state index in [1.54, 1.807) is 24.3 Å². The zero-order chi connectivity index (χ0) is 14.9. The monoisotopic (exact) mass is 303 g/mol. The number of thioether (sulfide) groups is 1. The van der Waals surface area contributed by atoms with Crippen molar-refractivity contribution in [3.8, 4) is 0 Å². The van der Waals surface area contributed by atoms with Crippen LogP contribution in [-0.4, -0.2) is 27.0 Å². The second-order valence-electron chi connectivity index (χ2n) is 4.84. The van der Waals surface area contributed by atoms with Crippen LogP contribution >= 0.6 is 11.8 Å². The van der Waals surface area contributed by atoms with Crippen molar-refractivity contribution in [1.29, 1.82) is 0 Å². The fourth-order valence-electron chi connectivity index (χ4n) is 2.07. The summed E-state index contributed by atoms with van der Waals surface area (Å²) < 4.78 is 1.98. The van der Waals surface area contributed by atoms with Crippen LogP contribution in [0.4, 0.5) is 0 Å². The van der Waals surface area contributed by atoms with Gasteiger partial charge in [-0.3, -0.25) is 4.79 Å². The van der Waals surface area contributed by atoms with Crippen molar-refractivity contribution in [2.45, 2.75) is 25.9 Å². The van der Waals surface area contributed by atoms with E-state index in [9.17, 15) is 4.79 Å². The molecular weight excluding hydrogens is 282 g/mol. The van der Waals surface area contributed by atoms with Gasteiger partial charge in [-0.05, 0) is 17.7 Å². The molecule has 5 heteroatoms. The van der Waals surface area contributed by atoms with Crippen molar-refractivity contribution in [3.63, 3.8) is 0 Å². The summed E-state index contributed by atoms with van der Waals surface area (Å²) in [4.78, 5) is 16.1. The Morgan fingerprint density at radius 3 is 2.86 bits per heavy atom. The van der Waals surface area contributed by atoms with Gasteiger partial charge >= 0.3 is 0 Å². The number of rotatable bonds is 8. The van der Waals surface area contributed by atoms with Gasteiger partial charge in [0.15, 0.2) is 0 Å². The molecule has 0 radical (unpaired) electrons. The second-order valence-corrected chi connectivity index (χ2v) is 5.95. The van der Waals surface area contributed by atoms with Crippen LogP contribution in [0.2, 0.25) is 0 Å². The van der Waals surface area contributed by atoms with E-state index in [-0.39, 0.29) is 11.9 Å². The summed E-state index contributed by atoms with van der Waals surface area (Å²) in [5, 5.41) is 3.12. The van der Waals surface area contributed by atoms with Gasteiger partial charge in [-0.2, -0.15) is 11.8 Å². The van der Waals surface area contributed by atoms with E-state index in [0.29, 0.717) is 12.3 Å². The molecule has 2 aromatic rings. The lowest BCUT2D eigenvalue weighted by atomic mass is 10.1. The van der Waals surface area contributed by atoms with Crippen LogP contribution in [0.1, 0.15) is 24.9 Å². The van der Waals surface area contributed by atoms with Crippen LogP contribution in [0.5, 0.6) is 0 Å². The number of carbonyl (C=O) groups is 1. The molecule has 1 unspecified atom stereocenters. The van der Waals surface area contributed by atoms with Crippen LogP contribution in [0.15, 0.2) is 49.1 Å². The maximum absolute atomic E-state index is 12.1. The molecule has 1 heterocycles. The Bertz CT molecular complexity index is 528. The molecular formula is C16H21N3OS. The highest BCUT2D eigenvalue weighted by Crippen LogP contribution is 2.15. The Kier molecular flexibility index (Phi) is 6.34. The van der Waals surface area contributed by atoms with Gasteiger partial charge in [0.05, 0.1) is 18.1 Å². The van der Waals surface area contributed by atoms with Crippen molar-refractivity contribution < 1.29 is 4.79 Å². The standard InChI is InChI=1S/C16H21N3OS/c1-2-10-21-12-16(20)18-15(11-19-9-8-17-13-19)14-6-4-3-5-7-14/h3-9,13,15H,2,10-12H2,1H3,(H,18,20). The van der Waals surface area contributed by atoms with E-state index in [1.165, 1.54) is 0 Å². The molecule has 1 amide bonds. The molecule has 0 aliphatic rings. The number of hydrogen-bond acceptors (Lipinski definition) is 3. The summed E-state index contributed by atoms with van der Waals surface area (Å²) in [6.07, 6.45) is 6.53. The van der Waals surface area contributed by atoms with Gasteiger partial charge in [0.2, 0.25) is 5.91 Å². The van der Waals surface area contributed by atoms with Gasteiger partial charge in [0.25, 0.3) is 0 Å². The lowest BCUT2D eigenvalue weighted by Crippen LogP contribution is -2.32. The minimum absolute atomic E-state index is 0.0323. The molecule has 0 fully saturated rings. The lowest BCUT2D eigenvalue weighted by Gasteiger charge is -2.19. The third-order valence-electron chi connectivity index (χ3n) is 3.07.